The number of rotatable bonds is 3. The summed E-state index contributed by atoms with van der Waals surface area (Å²) >= 11 is 0. The van der Waals surface area contributed by atoms with Crippen molar-refractivity contribution in [2.75, 3.05) is 6.61 Å². The summed E-state index contributed by atoms with van der Waals surface area (Å²) in [5.41, 5.74) is 4.47. The Balaban J connectivity index is 1.99. The number of ether oxygens (including phenoxy) is 1. The average molecular weight is 303 g/mol. The molecule has 0 fully saturated rings. The molecule has 0 bridgehead atoms. The van der Waals surface area contributed by atoms with Gasteiger partial charge in [-0.1, -0.05) is 12.1 Å². The SMILES string of the molecule is CCOc1ccc(-c2cc3ncncc3c3ccn(C)c23)cc1. The lowest BCUT2D eigenvalue weighted by atomic mass is 10.00. The molecule has 0 atom stereocenters. The van der Waals surface area contributed by atoms with Crippen molar-refractivity contribution in [3.8, 4) is 16.9 Å². The summed E-state index contributed by atoms with van der Waals surface area (Å²) in [5.74, 6) is 0.891. The average Bonchev–Trinajstić information content (AvgIpc) is 2.98. The van der Waals surface area contributed by atoms with Gasteiger partial charge >= 0.3 is 0 Å². The van der Waals surface area contributed by atoms with Gasteiger partial charge in [0.25, 0.3) is 0 Å². The van der Waals surface area contributed by atoms with Crippen LogP contribution in [0.5, 0.6) is 5.75 Å². The lowest BCUT2D eigenvalue weighted by Gasteiger charge is -2.10. The molecule has 4 aromatic rings. The first-order valence-electron chi connectivity index (χ1n) is 7.69. The largest absolute Gasteiger partial charge is 0.494 e. The van der Waals surface area contributed by atoms with Gasteiger partial charge in [0.2, 0.25) is 0 Å². The Labute approximate surface area is 134 Å². The van der Waals surface area contributed by atoms with Gasteiger partial charge in [-0.3, -0.25) is 0 Å². The smallest absolute Gasteiger partial charge is 0.119 e. The Bertz CT molecular complexity index is 987. The van der Waals surface area contributed by atoms with Crippen LogP contribution in [0.15, 0.2) is 55.1 Å². The van der Waals surface area contributed by atoms with Gasteiger partial charge < -0.3 is 9.30 Å². The van der Waals surface area contributed by atoms with Gasteiger partial charge in [-0.15, -0.1) is 0 Å². The molecule has 0 saturated heterocycles. The van der Waals surface area contributed by atoms with E-state index in [9.17, 15) is 0 Å². The van der Waals surface area contributed by atoms with Crippen molar-refractivity contribution in [1.29, 1.82) is 0 Å². The summed E-state index contributed by atoms with van der Waals surface area (Å²) in [5, 5.41) is 2.26. The topological polar surface area (TPSA) is 39.9 Å². The van der Waals surface area contributed by atoms with Crippen molar-refractivity contribution in [1.82, 2.24) is 14.5 Å². The molecule has 0 aliphatic heterocycles. The highest BCUT2D eigenvalue weighted by Gasteiger charge is 2.12. The summed E-state index contributed by atoms with van der Waals surface area (Å²) in [7, 11) is 2.07. The highest BCUT2D eigenvalue weighted by atomic mass is 16.5. The summed E-state index contributed by atoms with van der Waals surface area (Å²) in [4.78, 5) is 8.60. The number of hydrogen-bond acceptors (Lipinski definition) is 3. The van der Waals surface area contributed by atoms with E-state index in [0.29, 0.717) is 6.61 Å². The van der Waals surface area contributed by atoms with Gasteiger partial charge in [-0.2, -0.15) is 0 Å². The standard InChI is InChI=1S/C19H17N3O/c1-3-23-14-6-4-13(5-7-14)16-10-18-17(11-20-12-21-18)15-8-9-22(2)19(15)16/h4-12H,3H2,1-2H3. The minimum atomic E-state index is 0.675. The predicted molar refractivity (Wildman–Crippen MR) is 92.6 cm³/mol. The van der Waals surface area contributed by atoms with Crippen molar-refractivity contribution in [2.24, 2.45) is 7.05 Å². The molecule has 4 heteroatoms. The molecule has 0 N–H and O–H groups in total. The van der Waals surface area contributed by atoms with Crippen LogP contribution in [0.4, 0.5) is 0 Å². The molecule has 0 amide bonds. The van der Waals surface area contributed by atoms with Crippen molar-refractivity contribution in [2.45, 2.75) is 6.92 Å². The van der Waals surface area contributed by atoms with Crippen LogP contribution in [-0.2, 0) is 7.05 Å². The summed E-state index contributed by atoms with van der Waals surface area (Å²) in [6.07, 6.45) is 5.56. The molecule has 2 aromatic heterocycles. The van der Waals surface area contributed by atoms with Crippen LogP contribution in [-0.4, -0.2) is 21.1 Å². The van der Waals surface area contributed by atoms with Gasteiger partial charge in [-0.05, 0) is 36.8 Å². The molecule has 114 valence electrons. The first kappa shape index (κ1) is 13.8. The van der Waals surface area contributed by atoms with Crippen molar-refractivity contribution in [3.63, 3.8) is 0 Å². The van der Waals surface area contributed by atoms with E-state index in [-0.39, 0.29) is 0 Å². The molecule has 4 rings (SSSR count). The zero-order valence-corrected chi connectivity index (χ0v) is 13.2. The molecule has 0 saturated carbocycles. The Hall–Kier alpha value is -2.88. The maximum atomic E-state index is 5.54. The van der Waals surface area contributed by atoms with Crippen LogP contribution < -0.4 is 4.74 Å². The Kier molecular flexibility index (Phi) is 3.23. The first-order chi connectivity index (χ1) is 11.3. The van der Waals surface area contributed by atoms with Crippen LogP contribution in [0.1, 0.15) is 6.92 Å². The van der Waals surface area contributed by atoms with Gasteiger partial charge in [0.15, 0.2) is 0 Å². The molecule has 0 radical (unpaired) electrons. The van der Waals surface area contributed by atoms with Crippen LogP contribution >= 0.6 is 0 Å². The molecule has 0 spiro atoms. The van der Waals surface area contributed by atoms with E-state index in [2.05, 4.69) is 52.0 Å². The highest BCUT2D eigenvalue weighted by molar-refractivity contribution is 6.11. The van der Waals surface area contributed by atoms with Crippen molar-refractivity contribution < 1.29 is 4.74 Å². The molecule has 2 heterocycles. The third-order valence-electron chi connectivity index (χ3n) is 4.12. The van der Waals surface area contributed by atoms with Crippen LogP contribution in [0.2, 0.25) is 0 Å². The highest BCUT2D eigenvalue weighted by Crippen LogP contribution is 2.34. The zero-order chi connectivity index (χ0) is 15.8. The number of hydrogen-bond donors (Lipinski definition) is 0. The van der Waals surface area contributed by atoms with Gasteiger partial charge in [0.1, 0.15) is 12.1 Å². The quantitative estimate of drug-likeness (QED) is 0.570. The number of fused-ring (bicyclic) bond motifs is 3. The lowest BCUT2D eigenvalue weighted by Crippen LogP contribution is -1.93. The minimum absolute atomic E-state index is 0.675. The Morgan fingerprint density at radius 1 is 1.09 bits per heavy atom. The fourth-order valence-electron chi connectivity index (χ4n) is 3.07. The van der Waals surface area contributed by atoms with E-state index in [1.807, 2.05) is 25.3 Å². The van der Waals surface area contributed by atoms with E-state index in [1.165, 1.54) is 16.5 Å². The monoisotopic (exact) mass is 303 g/mol. The van der Waals surface area contributed by atoms with E-state index in [4.69, 9.17) is 4.74 Å². The van der Waals surface area contributed by atoms with E-state index in [1.54, 1.807) is 6.33 Å². The number of nitrogens with zero attached hydrogens (tertiary/aromatic N) is 3. The molecular weight excluding hydrogens is 286 g/mol. The zero-order valence-electron chi connectivity index (χ0n) is 13.2. The maximum Gasteiger partial charge on any atom is 0.119 e. The first-order valence-corrected chi connectivity index (χ1v) is 7.69. The minimum Gasteiger partial charge on any atom is -0.494 e. The summed E-state index contributed by atoms with van der Waals surface area (Å²) in [6, 6.07) is 12.5. The molecule has 4 nitrogen and oxygen atoms in total. The number of aryl methyl sites for hydroxylation is 1. The van der Waals surface area contributed by atoms with Crippen LogP contribution in [0.3, 0.4) is 0 Å². The second kappa shape index (κ2) is 5.39. The lowest BCUT2D eigenvalue weighted by molar-refractivity contribution is 0.340. The number of benzene rings is 2. The number of aromatic nitrogens is 3. The van der Waals surface area contributed by atoms with Gasteiger partial charge in [0, 0.05) is 35.8 Å². The maximum absolute atomic E-state index is 5.54. The Morgan fingerprint density at radius 2 is 1.91 bits per heavy atom. The normalized spacial score (nSPS) is 11.2. The van der Waals surface area contributed by atoms with E-state index in [0.717, 1.165) is 22.2 Å². The summed E-state index contributed by atoms with van der Waals surface area (Å²) < 4.78 is 7.68. The fourth-order valence-corrected chi connectivity index (χ4v) is 3.07. The molecule has 2 aromatic carbocycles. The second-order valence-corrected chi connectivity index (χ2v) is 5.53. The third-order valence-corrected chi connectivity index (χ3v) is 4.12. The van der Waals surface area contributed by atoms with Crippen LogP contribution in [0, 0.1) is 0 Å². The van der Waals surface area contributed by atoms with E-state index >= 15 is 0 Å². The van der Waals surface area contributed by atoms with Crippen molar-refractivity contribution >= 4 is 21.8 Å². The Morgan fingerprint density at radius 3 is 2.70 bits per heavy atom. The van der Waals surface area contributed by atoms with Gasteiger partial charge in [0.05, 0.1) is 17.6 Å². The van der Waals surface area contributed by atoms with Crippen LogP contribution in [0.25, 0.3) is 32.9 Å². The van der Waals surface area contributed by atoms with E-state index < -0.39 is 0 Å². The predicted octanol–water partition coefficient (Wildman–Crippen LogP) is 4.19. The van der Waals surface area contributed by atoms with Gasteiger partial charge in [-0.25, -0.2) is 9.97 Å². The molecular formula is C19H17N3O. The fraction of sp³-hybridized carbons (Fsp3) is 0.158. The molecule has 0 aliphatic rings. The molecule has 0 aliphatic carbocycles. The molecule has 23 heavy (non-hydrogen) atoms. The third kappa shape index (κ3) is 2.23. The second-order valence-electron chi connectivity index (χ2n) is 5.53. The molecule has 0 unspecified atom stereocenters. The van der Waals surface area contributed by atoms with Crippen molar-refractivity contribution in [3.05, 3.63) is 55.1 Å². The summed E-state index contributed by atoms with van der Waals surface area (Å²) in [6.45, 7) is 2.67.